The molecule has 0 radical (unpaired) electrons. The van der Waals surface area contributed by atoms with Gasteiger partial charge in [-0.15, -0.1) is 0 Å². The zero-order valence-corrected chi connectivity index (χ0v) is 32.4. The second kappa shape index (κ2) is 16.4. The van der Waals surface area contributed by atoms with E-state index in [0.29, 0.717) is 28.4 Å². The van der Waals surface area contributed by atoms with E-state index in [1.165, 1.54) is 26.2 Å². The lowest BCUT2D eigenvalue weighted by atomic mass is 10.1. The van der Waals surface area contributed by atoms with E-state index in [0.717, 1.165) is 24.5 Å². The Balaban J connectivity index is 1.18. The number of hydrogen-bond donors (Lipinski definition) is 1. The molecule has 1 N–H and O–H groups in total. The van der Waals surface area contributed by atoms with Gasteiger partial charge in [0, 0.05) is 34.5 Å². The van der Waals surface area contributed by atoms with Crippen molar-refractivity contribution < 1.29 is 32.2 Å². The lowest BCUT2D eigenvalue weighted by Gasteiger charge is -2.36. The highest BCUT2D eigenvalue weighted by molar-refractivity contribution is 9.10. The third-order valence-corrected chi connectivity index (χ3v) is 10.7. The van der Waals surface area contributed by atoms with Gasteiger partial charge in [-0.1, -0.05) is 70.5 Å². The number of carbonyl (C=O) groups is 2. The normalized spacial score (nSPS) is 15.2. The number of carbonyl (C=O) groups excluding carboxylic acids is 2. The number of ether oxygens (including phenoxy) is 2. The van der Waals surface area contributed by atoms with Crippen molar-refractivity contribution in [2.75, 3.05) is 6.61 Å². The number of fused-ring (bicyclic) bond motifs is 1. The number of aromatic nitrogens is 4. The number of rotatable bonds is 12. The molecule has 0 unspecified atom stereocenters. The zero-order valence-electron chi connectivity index (χ0n) is 30.9. The van der Waals surface area contributed by atoms with Gasteiger partial charge in [0.2, 0.25) is 0 Å². The summed E-state index contributed by atoms with van der Waals surface area (Å²) >= 11 is 2.96. The quantitative estimate of drug-likeness (QED) is 0.135. The van der Waals surface area contributed by atoms with Crippen molar-refractivity contribution in [3.8, 4) is 22.8 Å². The summed E-state index contributed by atoms with van der Waals surface area (Å²) in [7, 11) is 0. The summed E-state index contributed by atoms with van der Waals surface area (Å²) in [5, 5.41) is 2.96. The predicted molar refractivity (Wildman–Crippen MR) is 211 cm³/mol. The standard InChI is InChI=1S/C43H36BrF3N6O5/c44-36-18-11-28(21-35(36)43(45,46)47)41(55)51-24-37-38(40(54)50-22-29-9-4-5-10-34(29)39-48-19-6-20-49-39)53(30-12-14-32(15-13-30)58-33-16-17-33)42(56)52(37)23-31(51)26-57-25-27-7-2-1-3-8-27/h1-15,18-21,31,33H,16-17,22-26H2,(H,50,54)/t31-/m0/s1. The van der Waals surface area contributed by atoms with E-state index in [1.807, 2.05) is 54.6 Å². The number of nitrogens with one attached hydrogen (secondary N) is 1. The van der Waals surface area contributed by atoms with E-state index in [2.05, 4.69) is 31.2 Å². The number of imidazole rings is 1. The van der Waals surface area contributed by atoms with Gasteiger partial charge in [-0.3, -0.25) is 18.7 Å². The van der Waals surface area contributed by atoms with Crippen molar-refractivity contribution >= 4 is 27.7 Å². The van der Waals surface area contributed by atoms with Crippen LogP contribution in [0.5, 0.6) is 5.75 Å². The van der Waals surface area contributed by atoms with Crippen molar-refractivity contribution in [1.82, 2.24) is 29.3 Å². The van der Waals surface area contributed by atoms with Crippen LogP contribution in [-0.2, 0) is 37.2 Å². The Morgan fingerprint density at radius 2 is 1.62 bits per heavy atom. The van der Waals surface area contributed by atoms with Crippen LogP contribution in [0.25, 0.3) is 17.1 Å². The molecule has 1 aliphatic carbocycles. The maximum absolute atomic E-state index is 14.5. The fourth-order valence-corrected chi connectivity index (χ4v) is 7.43. The average molecular weight is 854 g/mol. The summed E-state index contributed by atoms with van der Waals surface area (Å²) in [6.07, 6.45) is 0.568. The van der Waals surface area contributed by atoms with Gasteiger partial charge in [0.15, 0.2) is 5.82 Å². The lowest BCUT2D eigenvalue weighted by Crippen LogP contribution is -2.50. The molecule has 4 aromatic carbocycles. The minimum atomic E-state index is -4.73. The van der Waals surface area contributed by atoms with Gasteiger partial charge < -0.3 is 19.7 Å². The molecule has 2 amide bonds. The third kappa shape index (κ3) is 8.31. The van der Waals surface area contributed by atoms with Crippen molar-refractivity contribution in [2.45, 2.75) is 57.4 Å². The molecule has 58 heavy (non-hydrogen) atoms. The summed E-state index contributed by atoms with van der Waals surface area (Å²) in [4.78, 5) is 53.5. The Morgan fingerprint density at radius 1 is 0.897 bits per heavy atom. The summed E-state index contributed by atoms with van der Waals surface area (Å²) in [6, 6.07) is 27.7. The van der Waals surface area contributed by atoms with E-state index in [4.69, 9.17) is 9.47 Å². The van der Waals surface area contributed by atoms with Crippen LogP contribution in [0.15, 0.2) is 125 Å². The van der Waals surface area contributed by atoms with Crippen LogP contribution in [0.4, 0.5) is 13.2 Å². The Hall–Kier alpha value is -6.06. The highest BCUT2D eigenvalue weighted by Crippen LogP contribution is 2.36. The SMILES string of the molecule is O=C(NCc1ccccc1-c1ncccn1)c1c2n(c(=O)n1-c1ccc(OC3CC3)cc1)C[C@@H](COCc1ccccc1)N(C(=O)c1ccc(Br)c(C(F)(F)F)c1)C2. The van der Waals surface area contributed by atoms with Crippen LogP contribution in [0.3, 0.4) is 0 Å². The zero-order chi connectivity index (χ0) is 40.4. The van der Waals surface area contributed by atoms with Crippen molar-refractivity contribution in [3.63, 3.8) is 0 Å². The van der Waals surface area contributed by atoms with Crippen LogP contribution < -0.4 is 15.7 Å². The van der Waals surface area contributed by atoms with Crippen molar-refractivity contribution in [1.29, 1.82) is 0 Å². The lowest BCUT2D eigenvalue weighted by molar-refractivity contribution is -0.138. The summed E-state index contributed by atoms with van der Waals surface area (Å²) < 4.78 is 56.6. The first-order valence-corrected chi connectivity index (χ1v) is 19.4. The first-order valence-electron chi connectivity index (χ1n) is 18.6. The summed E-state index contributed by atoms with van der Waals surface area (Å²) in [6.45, 7) is -0.192. The molecule has 6 aromatic rings. The van der Waals surface area contributed by atoms with Gasteiger partial charge in [0.1, 0.15) is 11.4 Å². The molecule has 296 valence electrons. The molecule has 2 aromatic heterocycles. The molecule has 1 aliphatic heterocycles. The molecule has 0 saturated heterocycles. The summed E-state index contributed by atoms with van der Waals surface area (Å²) in [5.74, 6) is -0.242. The summed E-state index contributed by atoms with van der Waals surface area (Å²) in [5.41, 5.74) is 1.11. The first-order chi connectivity index (χ1) is 28.0. The molecule has 2 aliphatic rings. The number of halogens is 4. The molecule has 1 fully saturated rings. The Kier molecular flexibility index (Phi) is 11.0. The Morgan fingerprint density at radius 3 is 2.34 bits per heavy atom. The molecule has 11 nitrogen and oxygen atoms in total. The van der Waals surface area contributed by atoms with E-state index < -0.39 is 35.3 Å². The maximum Gasteiger partial charge on any atom is 0.417 e. The molecular formula is C43H36BrF3N6O5. The van der Waals surface area contributed by atoms with E-state index in [1.54, 1.807) is 42.7 Å². The molecule has 1 atom stereocenters. The average Bonchev–Trinajstić information content (AvgIpc) is 4.01. The van der Waals surface area contributed by atoms with Gasteiger partial charge in [0.25, 0.3) is 11.8 Å². The number of benzene rings is 4. The van der Waals surface area contributed by atoms with Crippen molar-refractivity contribution in [2.24, 2.45) is 0 Å². The fraction of sp³-hybridized carbons (Fsp3) is 0.233. The third-order valence-electron chi connectivity index (χ3n) is 10.0. The van der Waals surface area contributed by atoms with Crippen molar-refractivity contribution in [3.05, 3.63) is 164 Å². The van der Waals surface area contributed by atoms with Crippen LogP contribution in [0.2, 0.25) is 0 Å². The Labute approximate surface area is 339 Å². The molecule has 8 rings (SSSR count). The fourth-order valence-electron chi connectivity index (χ4n) is 6.96. The van der Waals surface area contributed by atoms with E-state index in [-0.39, 0.29) is 60.4 Å². The molecule has 1 saturated carbocycles. The number of alkyl halides is 3. The van der Waals surface area contributed by atoms with Crippen LogP contribution >= 0.6 is 15.9 Å². The molecule has 15 heteroatoms. The topological polar surface area (TPSA) is 121 Å². The smallest absolute Gasteiger partial charge is 0.417 e. The van der Waals surface area contributed by atoms with Gasteiger partial charge in [-0.2, -0.15) is 13.2 Å². The van der Waals surface area contributed by atoms with Crippen LogP contribution in [0, 0.1) is 0 Å². The maximum atomic E-state index is 14.5. The van der Waals surface area contributed by atoms with Gasteiger partial charge in [-0.25, -0.2) is 14.8 Å². The van der Waals surface area contributed by atoms with E-state index >= 15 is 0 Å². The number of amides is 2. The second-order valence-corrected chi connectivity index (χ2v) is 14.9. The largest absolute Gasteiger partial charge is 0.490 e. The second-order valence-electron chi connectivity index (χ2n) is 14.0. The molecular weight excluding hydrogens is 817 g/mol. The van der Waals surface area contributed by atoms with Crippen LogP contribution in [0.1, 0.15) is 56.1 Å². The minimum Gasteiger partial charge on any atom is -0.490 e. The van der Waals surface area contributed by atoms with Gasteiger partial charge in [0.05, 0.1) is 55.4 Å². The van der Waals surface area contributed by atoms with Gasteiger partial charge >= 0.3 is 11.9 Å². The molecule has 3 heterocycles. The number of hydrogen-bond acceptors (Lipinski definition) is 7. The van der Waals surface area contributed by atoms with Gasteiger partial charge in [-0.05, 0) is 72.5 Å². The first kappa shape index (κ1) is 38.8. The molecule has 0 bridgehead atoms. The predicted octanol–water partition coefficient (Wildman–Crippen LogP) is 7.59. The molecule has 0 spiro atoms. The van der Waals surface area contributed by atoms with E-state index in [9.17, 15) is 27.6 Å². The van der Waals surface area contributed by atoms with Crippen LogP contribution in [-0.4, -0.2) is 54.6 Å². The minimum absolute atomic E-state index is 0.0254. The highest BCUT2D eigenvalue weighted by atomic mass is 79.9. The Bertz CT molecular complexity index is 2510. The monoisotopic (exact) mass is 852 g/mol. The highest BCUT2D eigenvalue weighted by Gasteiger charge is 2.39. The number of nitrogens with zero attached hydrogens (tertiary/aromatic N) is 5.